The minimum Gasteiger partial charge on any atom is -0.508 e. The molecule has 5 heterocycles. The van der Waals surface area contributed by atoms with Crippen LogP contribution in [0.3, 0.4) is 0 Å². The van der Waals surface area contributed by atoms with Gasteiger partial charge in [0.25, 0.3) is 0 Å². The second-order valence-corrected chi connectivity index (χ2v) is 23.6. The van der Waals surface area contributed by atoms with Gasteiger partial charge in [-0.2, -0.15) is 0 Å². The maximum absolute atomic E-state index is 14.9. The molecule has 2 unspecified atom stereocenters. The highest BCUT2D eigenvalue weighted by molar-refractivity contribution is 6.00. The van der Waals surface area contributed by atoms with Gasteiger partial charge >= 0.3 is 0 Å². The van der Waals surface area contributed by atoms with Crippen molar-refractivity contribution in [3.63, 3.8) is 0 Å². The summed E-state index contributed by atoms with van der Waals surface area (Å²) in [7, 11) is 0. The Bertz CT molecular complexity index is 2640. The SMILES string of the molecule is CCC(C)[C@@H]1NC(=O)[C@@H]2CCCN2C(=O)[C@@H]2CCCN2C(=O)[C@H](C(C)CC)NC(=O)[C@H](Cc2ccc(O)cc2)NC(=O)[C@@H]2CCCN2C(=O)[C@@H]2CCCN2C(=O)[C@H](CC(C)C)NC(=O)[C@H]([C@@H](C)O)NC(=O)[C@H](Cc2ccccc2)NC1=O. The first-order valence-corrected chi connectivity index (χ1v) is 29.7. The monoisotopic (exact) mass is 1140 g/mol. The summed E-state index contributed by atoms with van der Waals surface area (Å²) in [5, 5.41) is 38.2. The summed E-state index contributed by atoms with van der Waals surface area (Å²) in [6.07, 6.45) is 2.22. The highest BCUT2D eigenvalue weighted by Gasteiger charge is 2.48. The number of hydrogen-bond donors (Lipinski definition) is 8. The summed E-state index contributed by atoms with van der Waals surface area (Å²) < 4.78 is 0. The molecule has 5 fully saturated rings. The standard InChI is InChI=1S/C60H86N10O12/c1-8-35(5)48-55(77)62-42(32-38-17-11-10-12-18-38)52(74)66-50(37(7)71)56(78)63-43(31-34(3)4)57(79)69-29-15-21-46(69)58(80)67-27-13-19-44(67)53(75)61-41(33-39-23-25-40(72)26-24-39)51(73)65-49(36(6)9-2)60(82)70-30-16-22-47(70)59(81)68-28-14-20-45(68)54(76)64-48/h10-12,17-18,23-26,34-37,41-50,71-72H,8-9,13-16,19-22,27-33H2,1-7H3,(H,61,75)(H,62,77)(H,63,78)(H,64,76)(H,65,73)(H,66,74)/t35?,36?,37-,41+,42+,43+,44+,45+,46+,47+,48+,49+,50+/m1/s1. The molecule has 5 saturated heterocycles. The van der Waals surface area contributed by atoms with Crippen LogP contribution in [0.5, 0.6) is 5.75 Å². The number of aliphatic hydroxyl groups is 1. The molecule has 10 amide bonds. The van der Waals surface area contributed by atoms with E-state index in [1.807, 2.05) is 27.7 Å². The van der Waals surface area contributed by atoms with Crippen molar-refractivity contribution in [1.29, 1.82) is 0 Å². The lowest BCUT2D eigenvalue weighted by Gasteiger charge is -2.35. The molecule has 0 saturated carbocycles. The maximum Gasteiger partial charge on any atom is 0.246 e. The van der Waals surface area contributed by atoms with Gasteiger partial charge < -0.3 is 61.7 Å². The number of aromatic hydroxyl groups is 1. The van der Waals surface area contributed by atoms with Gasteiger partial charge in [-0.15, -0.1) is 0 Å². The van der Waals surface area contributed by atoms with Gasteiger partial charge in [0.1, 0.15) is 66.2 Å². The van der Waals surface area contributed by atoms with Gasteiger partial charge in [0.05, 0.1) is 6.10 Å². The van der Waals surface area contributed by atoms with Gasteiger partial charge in [-0.05, 0) is 106 Å². The van der Waals surface area contributed by atoms with Crippen LogP contribution in [0.2, 0.25) is 0 Å². The molecule has 8 N–H and O–H groups in total. The molecule has 22 nitrogen and oxygen atoms in total. The van der Waals surface area contributed by atoms with Crippen LogP contribution in [0.1, 0.15) is 130 Å². The fraction of sp³-hybridized carbons (Fsp3) is 0.633. The third-order valence-electron chi connectivity index (χ3n) is 17.2. The Labute approximate surface area is 481 Å². The van der Waals surface area contributed by atoms with E-state index in [1.54, 1.807) is 56.3 Å². The third-order valence-corrected chi connectivity index (χ3v) is 17.2. The predicted molar refractivity (Wildman–Crippen MR) is 303 cm³/mol. The van der Waals surface area contributed by atoms with Gasteiger partial charge in [-0.3, -0.25) is 47.9 Å². The Morgan fingerprint density at radius 3 is 1.32 bits per heavy atom. The Balaban J connectivity index is 1.26. The highest BCUT2D eigenvalue weighted by Crippen LogP contribution is 2.30. The number of hydrogen-bond acceptors (Lipinski definition) is 12. The molecule has 13 atom stereocenters. The quantitative estimate of drug-likeness (QED) is 0.159. The summed E-state index contributed by atoms with van der Waals surface area (Å²) in [4.78, 5) is 153. The number of carbonyl (C=O) groups is 10. The summed E-state index contributed by atoms with van der Waals surface area (Å²) in [5.74, 6) is -7.47. The minimum atomic E-state index is -1.63. The maximum atomic E-state index is 14.9. The number of nitrogens with zero attached hydrogens (tertiary/aromatic N) is 4. The van der Waals surface area contributed by atoms with Crippen molar-refractivity contribution in [1.82, 2.24) is 51.5 Å². The number of amides is 10. The first kappa shape index (κ1) is 62.5. The van der Waals surface area contributed by atoms with Crippen LogP contribution in [-0.4, -0.2) is 182 Å². The molecule has 22 heteroatoms. The Morgan fingerprint density at radius 1 is 0.439 bits per heavy atom. The van der Waals surface area contributed by atoms with Crippen molar-refractivity contribution in [3.8, 4) is 5.75 Å². The number of phenols is 1. The number of fused-ring (bicyclic) bond motifs is 4. The summed E-state index contributed by atoms with van der Waals surface area (Å²) in [5.41, 5.74) is 1.22. The molecule has 5 aliphatic rings. The van der Waals surface area contributed by atoms with E-state index in [1.165, 1.54) is 38.7 Å². The van der Waals surface area contributed by atoms with Crippen molar-refractivity contribution < 1.29 is 58.2 Å². The van der Waals surface area contributed by atoms with E-state index in [2.05, 4.69) is 31.9 Å². The van der Waals surface area contributed by atoms with E-state index in [9.17, 15) is 58.2 Å². The molecule has 0 bridgehead atoms. The average Bonchev–Trinajstić information content (AvgIpc) is 4.38. The summed E-state index contributed by atoms with van der Waals surface area (Å²) >= 11 is 0. The van der Waals surface area contributed by atoms with E-state index < -0.39 is 137 Å². The molecule has 2 aromatic rings. The van der Waals surface area contributed by atoms with Crippen LogP contribution in [0, 0.1) is 17.8 Å². The van der Waals surface area contributed by atoms with Crippen LogP contribution in [-0.2, 0) is 60.8 Å². The molecule has 82 heavy (non-hydrogen) atoms. The van der Waals surface area contributed by atoms with Crippen molar-refractivity contribution >= 4 is 59.1 Å². The fourth-order valence-electron chi connectivity index (χ4n) is 12.1. The Kier molecular flexibility index (Phi) is 21.5. The average molecular weight is 1140 g/mol. The second-order valence-electron chi connectivity index (χ2n) is 23.6. The summed E-state index contributed by atoms with van der Waals surface area (Å²) in [6, 6.07) is 3.05. The Hall–Kier alpha value is -7.10. The van der Waals surface area contributed by atoms with Crippen LogP contribution in [0.15, 0.2) is 54.6 Å². The molecule has 7 rings (SSSR count). The van der Waals surface area contributed by atoms with Crippen molar-refractivity contribution in [2.24, 2.45) is 17.8 Å². The smallest absolute Gasteiger partial charge is 0.246 e. The third kappa shape index (κ3) is 14.9. The molecule has 0 spiro atoms. The van der Waals surface area contributed by atoms with Crippen molar-refractivity contribution in [2.75, 3.05) is 26.2 Å². The van der Waals surface area contributed by atoms with Gasteiger partial charge in [-0.25, -0.2) is 0 Å². The van der Waals surface area contributed by atoms with Gasteiger partial charge in [-0.1, -0.05) is 96.8 Å². The normalized spacial score (nSPS) is 29.1. The van der Waals surface area contributed by atoms with E-state index >= 15 is 0 Å². The van der Waals surface area contributed by atoms with E-state index in [4.69, 9.17) is 0 Å². The first-order chi connectivity index (χ1) is 39.1. The van der Waals surface area contributed by atoms with Crippen LogP contribution < -0.4 is 31.9 Å². The molecule has 0 aliphatic carbocycles. The first-order valence-electron chi connectivity index (χ1n) is 29.7. The lowest BCUT2D eigenvalue weighted by Crippen LogP contribution is -2.63. The molecule has 448 valence electrons. The van der Waals surface area contributed by atoms with Crippen LogP contribution in [0.25, 0.3) is 0 Å². The number of phenolic OH excluding ortho intramolecular Hbond substituents is 1. The lowest BCUT2D eigenvalue weighted by molar-refractivity contribution is -0.149. The van der Waals surface area contributed by atoms with Gasteiger partial charge in [0.15, 0.2) is 0 Å². The topological polar surface area (TPSA) is 296 Å². The van der Waals surface area contributed by atoms with Crippen LogP contribution >= 0.6 is 0 Å². The number of rotatable bonds is 11. The molecular formula is C60H86N10O12. The van der Waals surface area contributed by atoms with Crippen molar-refractivity contribution in [2.45, 2.75) is 198 Å². The molecular weight excluding hydrogens is 1050 g/mol. The highest BCUT2D eigenvalue weighted by atomic mass is 16.3. The Morgan fingerprint density at radius 2 is 0.829 bits per heavy atom. The number of aliphatic hydroxyl groups excluding tert-OH is 1. The predicted octanol–water partition coefficient (Wildman–Crippen LogP) is 1.58. The molecule has 0 aromatic heterocycles. The number of benzene rings is 2. The van der Waals surface area contributed by atoms with Crippen molar-refractivity contribution in [3.05, 3.63) is 65.7 Å². The summed E-state index contributed by atoms with van der Waals surface area (Å²) in [6.45, 7) is 13.0. The zero-order valence-electron chi connectivity index (χ0n) is 48.6. The molecule has 2 aromatic carbocycles. The zero-order chi connectivity index (χ0) is 59.5. The molecule has 0 radical (unpaired) electrons. The van der Waals surface area contributed by atoms with Gasteiger partial charge in [0.2, 0.25) is 59.1 Å². The van der Waals surface area contributed by atoms with Crippen LogP contribution in [0.4, 0.5) is 0 Å². The number of nitrogens with one attached hydrogen (secondary N) is 6. The largest absolute Gasteiger partial charge is 0.508 e. The second kappa shape index (κ2) is 28.3. The minimum absolute atomic E-state index is 0.0164. The zero-order valence-corrected chi connectivity index (χ0v) is 48.6. The van der Waals surface area contributed by atoms with E-state index in [0.29, 0.717) is 56.1 Å². The number of carbonyl (C=O) groups excluding carboxylic acids is 10. The van der Waals surface area contributed by atoms with E-state index in [-0.39, 0.29) is 76.4 Å². The lowest BCUT2D eigenvalue weighted by atomic mass is 9.96. The molecule has 5 aliphatic heterocycles. The fourth-order valence-corrected chi connectivity index (χ4v) is 12.1. The van der Waals surface area contributed by atoms with E-state index in [0.717, 1.165) is 0 Å². The van der Waals surface area contributed by atoms with Gasteiger partial charge in [0, 0.05) is 39.0 Å².